The Hall–Kier alpha value is -0.610. The van der Waals surface area contributed by atoms with Gasteiger partial charge < -0.3 is 4.74 Å². The van der Waals surface area contributed by atoms with Gasteiger partial charge in [0, 0.05) is 46.2 Å². The van der Waals surface area contributed by atoms with Gasteiger partial charge in [-0.25, -0.2) is 0 Å². The van der Waals surface area contributed by atoms with Gasteiger partial charge in [0.25, 0.3) is 0 Å². The summed E-state index contributed by atoms with van der Waals surface area (Å²) in [7, 11) is 0. The molecule has 0 atom stereocenters. The Kier molecular flexibility index (Phi) is 5.05. The molecule has 88 valence electrons. The number of esters is 1. The van der Waals surface area contributed by atoms with Gasteiger partial charge in [0.05, 0.1) is 6.10 Å². The molecule has 3 fully saturated rings. The maximum atomic E-state index is 10.0. The Labute approximate surface area is 92.2 Å². The second-order valence-electron chi connectivity index (χ2n) is 4.34. The first-order valence-electron chi connectivity index (χ1n) is 5.70. The zero-order chi connectivity index (χ0) is 11.3. The van der Waals surface area contributed by atoms with E-state index in [9.17, 15) is 4.79 Å². The number of rotatable bonds is 1. The highest BCUT2D eigenvalue weighted by molar-refractivity contribution is 5.66. The maximum Gasteiger partial charge on any atom is 0.302 e. The highest BCUT2D eigenvalue weighted by Gasteiger charge is 2.21. The molecule has 0 saturated carbocycles. The summed E-state index contributed by atoms with van der Waals surface area (Å²) in [5, 5.41) is 0. The van der Waals surface area contributed by atoms with Crippen LogP contribution in [0.1, 0.15) is 20.8 Å². The molecule has 0 radical (unpaired) electrons. The molecule has 0 aromatic carbocycles. The number of fused-ring (bicyclic) bond motifs is 3. The molecule has 4 nitrogen and oxygen atoms in total. The van der Waals surface area contributed by atoms with E-state index in [1.807, 2.05) is 13.8 Å². The Morgan fingerprint density at radius 3 is 1.40 bits per heavy atom. The van der Waals surface area contributed by atoms with Crippen molar-refractivity contribution in [3.05, 3.63) is 0 Å². The van der Waals surface area contributed by atoms with Crippen molar-refractivity contribution in [3.8, 4) is 0 Å². The van der Waals surface area contributed by atoms with Crippen molar-refractivity contribution >= 4 is 5.97 Å². The van der Waals surface area contributed by atoms with Crippen molar-refractivity contribution in [2.75, 3.05) is 39.3 Å². The van der Waals surface area contributed by atoms with Crippen molar-refractivity contribution in [1.82, 2.24) is 9.80 Å². The highest BCUT2D eigenvalue weighted by atomic mass is 16.5. The standard InChI is InChI=1S/C6H12N2.C5H10O2/c1-2-8-5-3-7(1)4-6-8;1-4(2)7-5(3)6/h1-6H2;4H,1-3H3. The van der Waals surface area contributed by atoms with Gasteiger partial charge in [0.2, 0.25) is 0 Å². The minimum absolute atomic E-state index is 0.0255. The second-order valence-corrected chi connectivity index (χ2v) is 4.34. The molecule has 3 aliphatic heterocycles. The third-order valence-corrected chi connectivity index (χ3v) is 2.60. The van der Waals surface area contributed by atoms with Crippen LogP contribution in [0.5, 0.6) is 0 Å². The molecule has 4 heteroatoms. The molecule has 0 amide bonds. The first kappa shape index (κ1) is 12.5. The predicted molar refractivity (Wildman–Crippen MR) is 59.8 cm³/mol. The molecule has 15 heavy (non-hydrogen) atoms. The van der Waals surface area contributed by atoms with Crippen LogP contribution in [0.4, 0.5) is 0 Å². The molecule has 3 heterocycles. The zero-order valence-electron chi connectivity index (χ0n) is 10.0. The molecule has 3 rings (SSSR count). The summed E-state index contributed by atoms with van der Waals surface area (Å²) in [4.78, 5) is 15.1. The molecule has 3 saturated heterocycles. The van der Waals surface area contributed by atoms with Crippen LogP contribution >= 0.6 is 0 Å². The van der Waals surface area contributed by atoms with Gasteiger partial charge in [-0.2, -0.15) is 0 Å². The summed E-state index contributed by atoms with van der Waals surface area (Å²) in [5.41, 5.74) is 0. The predicted octanol–water partition coefficient (Wildman–Crippen LogP) is 0.575. The SMILES string of the molecule is C1CN2CCN1CC2.CC(=O)OC(C)C. The fourth-order valence-corrected chi connectivity index (χ4v) is 1.85. The van der Waals surface area contributed by atoms with Crippen LogP contribution in [0.2, 0.25) is 0 Å². The number of carbonyl (C=O) groups excluding carboxylic acids is 1. The minimum atomic E-state index is -0.213. The number of hydrogen-bond donors (Lipinski definition) is 0. The third-order valence-electron chi connectivity index (χ3n) is 2.60. The molecule has 2 bridgehead atoms. The van der Waals surface area contributed by atoms with Crippen molar-refractivity contribution < 1.29 is 9.53 Å². The lowest BCUT2D eigenvalue weighted by atomic mass is 10.2. The van der Waals surface area contributed by atoms with Gasteiger partial charge in [-0.05, 0) is 13.8 Å². The van der Waals surface area contributed by atoms with E-state index in [1.165, 1.54) is 46.2 Å². The average Bonchev–Trinajstić information content (AvgIpc) is 2.19. The van der Waals surface area contributed by atoms with E-state index < -0.39 is 0 Å². The second kappa shape index (κ2) is 6.08. The van der Waals surface area contributed by atoms with Gasteiger partial charge in [-0.1, -0.05) is 0 Å². The fourth-order valence-electron chi connectivity index (χ4n) is 1.85. The molecule has 0 aromatic rings. The van der Waals surface area contributed by atoms with E-state index in [1.54, 1.807) is 0 Å². The maximum absolute atomic E-state index is 10.0. The van der Waals surface area contributed by atoms with E-state index in [2.05, 4.69) is 14.5 Å². The molecule has 0 unspecified atom stereocenters. The summed E-state index contributed by atoms with van der Waals surface area (Å²) >= 11 is 0. The Balaban J connectivity index is 0.000000153. The molecule has 3 aliphatic rings. The molecule has 0 spiro atoms. The third kappa shape index (κ3) is 5.14. The molecule has 0 aliphatic carbocycles. The summed E-state index contributed by atoms with van der Waals surface area (Å²) in [6.45, 7) is 13.0. The monoisotopic (exact) mass is 214 g/mol. The summed E-state index contributed by atoms with van der Waals surface area (Å²) in [6.07, 6.45) is 0.0255. The van der Waals surface area contributed by atoms with Gasteiger partial charge in [-0.15, -0.1) is 0 Å². The van der Waals surface area contributed by atoms with Gasteiger partial charge >= 0.3 is 5.97 Å². The first-order valence-corrected chi connectivity index (χ1v) is 5.70. The number of carbonyl (C=O) groups is 1. The Morgan fingerprint density at radius 2 is 1.33 bits per heavy atom. The smallest absolute Gasteiger partial charge is 0.302 e. The van der Waals surface area contributed by atoms with E-state index >= 15 is 0 Å². The number of ether oxygens (including phenoxy) is 1. The summed E-state index contributed by atoms with van der Waals surface area (Å²) in [6, 6.07) is 0. The molecule has 0 N–H and O–H groups in total. The van der Waals surface area contributed by atoms with Crippen LogP contribution in [-0.4, -0.2) is 61.1 Å². The topological polar surface area (TPSA) is 32.8 Å². The van der Waals surface area contributed by atoms with Crippen molar-refractivity contribution in [1.29, 1.82) is 0 Å². The van der Waals surface area contributed by atoms with Crippen molar-refractivity contribution in [2.24, 2.45) is 0 Å². The molecular formula is C11H22N2O2. The lowest BCUT2D eigenvalue weighted by molar-refractivity contribution is -0.144. The van der Waals surface area contributed by atoms with Gasteiger partial charge in [0.1, 0.15) is 0 Å². The minimum Gasteiger partial charge on any atom is -0.463 e. The largest absolute Gasteiger partial charge is 0.463 e. The van der Waals surface area contributed by atoms with Crippen molar-refractivity contribution in [2.45, 2.75) is 26.9 Å². The van der Waals surface area contributed by atoms with Gasteiger partial charge in [-0.3, -0.25) is 14.6 Å². The van der Waals surface area contributed by atoms with Crippen LogP contribution in [0, 0.1) is 0 Å². The van der Waals surface area contributed by atoms with E-state index in [0.717, 1.165) is 0 Å². The fraction of sp³-hybridized carbons (Fsp3) is 0.909. The average molecular weight is 214 g/mol. The number of piperazine rings is 3. The quantitative estimate of drug-likeness (QED) is 0.598. The number of nitrogens with zero attached hydrogens (tertiary/aromatic N) is 2. The Bertz CT molecular complexity index is 176. The Morgan fingerprint density at radius 1 is 1.00 bits per heavy atom. The number of hydrogen-bond acceptors (Lipinski definition) is 4. The first-order chi connectivity index (χ1) is 7.08. The van der Waals surface area contributed by atoms with Crippen molar-refractivity contribution in [3.63, 3.8) is 0 Å². The van der Waals surface area contributed by atoms with Gasteiger partial charge in [0.15, 0.2) is 0 Å². The molecular weight excluding hydrogens is 192 g/mol. The van der Waals surface area contributed by atoms with Crippen LogP contribution in [0.15, 0.2) is 0 Å². The summed E-state index contributed by atoms with van der Waals surface area (Å²) in [5.74, 6) is -0.213. The van der Waals surface area contributed by atoms with Crippen LogP contribution < -0.4 is 0 Å². The lowest BCUT2D eigenvalue weighted by Crippen LogP contribution is -2.55. The highest BCUT2D eigenvalue weighted by Crippen LogP contribution is 2.06. The van der Waals surface area contributed by atoms with E-state index in [4.69, 9.17) is 0 Å². The van der Waals surface area contributed by atoms with E-state index in [-0.39, 0.29) is 12.1 Å². The van der Waals surface area contributed by atoms with Crippen LogP contribution in [0.25, 0.3) is 0 Å². The van der Waals surface area contributed by atoms with E-state index in [0.29, 0.717) is 0 Å². The molecule has 0 aromatic heterocycles. The zero-order valence-corrected chi connectivity index (χ0v) is 10.0. The van der Waals surface area contributed by atoms with Crippen LogP contribution in [-0.2, 0) is 9.53 Å². The normalized spacial score (nSPS) is 28.3. The summed E-state index contributed by atoms with van der Waals surface area (Å²) < 4.78 is 4.61. The van der Waals surface area contributed by atoms with Crippen LogP contribution in [0.3, 0.4) is 0 Å². The lowest BCUT2D eigenvalue weighted by Gasteiger charge is -2.41.